The first-order valence-electron chi connectivity index (χ1n) is 3.65. The van der Waals surface area contributed by atoms with Gasteiger partial charge in [-0.15, -0.1) is 11.8 Å². The normalized spacial score (nSPS) is 39.3. The number of fused-ring (bicyclic) bond motifs is 1. The predicted octanol–water partition coefficient (Wildman–Crippen LogP) is -0.283. The average molecular weight is 186 g/mol. The van der Waals surface area contributed by atoms with Gasteiger partial charge in [0.2, 0.25) is 5.72 Å². The lowest BCUT2D eigenvalue weighted by Crippen LogP contribution is -2.77. The van der Waals surface area contributed by atoms with Crippen molar-refractivity contribution >= 4 is 17.7 Å². The first-order valence-corrected chi connectivity index (χ1v) is 4.70. The lowest BCUT2D eigenvalue weighted by molar-refractivity contribution is -0.178. The van der Waals surface area contributed by atoms with Gasteiger partial charge in [-0.05, 0) is 0 Å². The summed E-state index contributed by atoms with van der Waals surface area (Å²) in [6.45, 7) is 0. The summed E-state index contributed by atoms with van der Waals surface area (Å²) in [6.07, 6.45) is 3.71. The van der Waals surface area contributed by atoms with E-state index >= 15 is 0 Å². The smallest absolute Gasteiger partial charge is 0.278 e. The first-order chi connectivity index (χ1) is 5.70. The van der Waals surface area contributed by atoms with Crippen molar-refractivity contribution in [3.63, 3.8) is 0 Å². The van der Waals surface area contributed by atoms with Crippen molar-refractivity contribution < 1.29 is 9.53 Å². The van der Waals surface area contributed by atoms with Gasteiger partial charge in [0.25, 0.3) is 5.91 Å². The number of hydrogen-bond donors (Lipinski definition) is 1. The number of thioether (sulfide) groups is 1. The lowest BCUT2D eigenvalue weighted by Gasteiger charge is -2.51. The molecule has 0 spiro atoms. The van der Waals surface area contributed by atoms with Crippen molar-refractivity contribution in [3.8, 4) is 0 Å². The summed E-state index contributed by atoms with van der Waals surface area (Å²) >= 11 is 1.62. The summed E-state index contributed by atoms with van der Waals surface area (Å²) in [7, 11) is 1.47. The van der Waals surface area contributed by atoms with Crippen molar-refractivity contribution in [2.75, 3.05) is 12.9 Å². The standard InChI is InChI=1S/C7H10N2O2S/c1-11-7(8)5(10)9-3-2-4-12-6(7)9/h2-3,6H,4,8H2,1H3/t6-,7-/m0/s1. The molecule has 0 aromatic carbocycles. The van der Waals surface area contributed by atoms with E-state index in [1.54, 1.807) is 22.9 Å². The Kier molecular flexibility index (Phi) is 1.67. The van der Waals surface area contributed by atoms with Gasteiger partial charge in [0.15, 0.2) is 0 Å². The monoisotopic (exact) mass is 186 g/mol. The fourth-order valence-corrected chi connectivity index (χ4v) is 2.55. The van der Waals surface area contributed by atoms with Gasteiger partial charge in [0, 0.05) is 19.1 Å². The number of amides is 1. The van der Waals surface area contributed by atoms with Crippen molar-refractivity contribution in [1.29, 1.82) is 0 Å². The molecule has 2 heterocycles. The lowest BCUT2D eigenvalue weighted by atomic mass is 10.0. The molecule has 4 nitrogen and oxygen atoms in total. The minimum Gasteiger partial charge on any atom is -0.353 e. The van der Waals surface area contributed by atoms with Crippen LogP contribution < -0.4 is 5.73 Å². The second-order valence-electron chi connectivity index (χ2n) is 2.78. The Balaban J connectivity index is 2.24. The van der Waals surface area contributed by atoms with E-state index in [1.165, 1.54) is 7.11 Å². The van der Waals surface area contributed by atoms with Crippen LogP contribution in [0.3, 0.4) is 0 Å². The Bertz CT molecular complexity index is 256. The van der Waals surface area contributed by atoms with Gasteiger partial charge >= 0.3 is 0 Å². The van der Waals surface area contributed by atoms with Gasteiger partial charge in [0.1, 0.15) is 5.37 Å². The highest BCUT2D eigenvalue weighted by Gasteiger charge is 2.59. The molecule has 0 aromatic rings. The van der Waals surface area contributed by atoms with E-state index in [0.29, 0.717) is 0 Å². The van der Waals surface area contributed by atoms with Crippen LogP contribution in [-0.4, -0.2) is 34.8 Å². The maximum absolute atomic E-state index is 11.4. The number of β-lactam (4-membered cyclic amide) rings is 1. The molecule has 0 saturated carbocycles. The molecular formula is C7H10N2O2S. The zero-order valence-corrected chi connectivity index (χ0v) is 7.50. The van der Waals surface area contributed by atoms with E-state index in [2.05, 4.69) is 0 Å². The van der Waals surface area contributed by atoms with Crippen LogP contribution in [0.15, 0.2) is 12.3 Å². The summed E-state index contributed by atoms with van der Waals surface area (Å²) in [5.74, 6) is 0.731. The van der Waals surface area contributed by atoms with Crippen LogP contribution in [0.25, 0.3) is 0 Å². The summed E-state index contributed by atoms with van der Waals surface area (Å²) in [4.78, 5) is 13.0. The maximum atomic E-state index is 11.4. The Morgan fingerprint density at radius 2 is 2.67 bits per heavy atom. The van der Waals surface area contributed by atoms with Crippen LogP contribution in [0.2, 0.25) is 0 Å². The minimum absolute atomic E-state index is 0.0417. The molecule has 0 bridgehead atoms. The highest BCUT2D eigenvalue weighted by molar-refractivity contribution is 8.00. The van der Waals surface area contributed by atoms with Gasteiger partial charge in [0.05, 0.1) is 0 Å². The molecule has 66 valence electrons. The van der Waals surface area contributed by atoms with E-state index in [4.69, 9.17) is 10.5 Å². The maximum Gasteiger partial charge on any atom is 0.278 e. The summed E-state index contributed by atoms with van der Waals surface area (Å²) < 4.78 is 4.99. The second kappa shape index (κ2) is 2.48. The van der Waals surface area contributed by atoms with Gasteiger partial charge in [-0.2, -0.15) is 0 Å². The highest BCUT2D eigenvalue weighted by atomic mass is 32.2. The molecule has 12 heavy (non-hydrogen) atoms. The Morgan fingerprint density at radius 3 is 3.33 bits per heavy atom. The number of methoxy groups -OCH3 is 1. The second-order valence-corrected chi connectivity index (χ2v) is 3.89. The molecule has 1 fully saturated rings. The topological polar surface area (TPSA) is 55.6 Å². The van der Waals surface area contributed by atoms with Crippen molar-refractivity contribution in [2.24, 2.45) is 5.73 Å². The third-order valence-electron chi connectivity index (χ3n) is 2.14. The molecule has 0 aromatic heterocycles. The number of hydrogen-bond acceptors (Lipinski definition) is 4. The van der Waals surface area contributed by atoms with Crippen molar-refractivity contribution in [2.45, 2.75) is 11.1 Å². The van der Waals surface area contributed by atoms with Crippen LogP contribution in [0.5, 0.6) is 0 Å². The van der Waals surface area contributed by atoms with E-state index in [9.17, 15) is 4.79 Å². The van der Waals surface area contributed by atoms with Crippen LogP contribution >= 0.6 is 11.8 Å². The molecule has 2 atom stereocenters. The van der Waals surface area contributed by atoms with E-state index in [-0.39, 0.29) is 11.3 Å². The largest absolute Gasteiger partial charge is 0.353 e. The highest BCUT2D eigenvalue weighted by Crippen LogP contribution is 2.39. The summed E-state index contributed by atoms with van der Waals surface area (Å²) in [5, 5.41) is -0.0417. The third-order valence-corrected chi connectivity index (χ3v) is 3.42. The molecule has 2 N–H and O–H groups in total. The summed E-state index contributed by atoms with van der Waals surface area (Å²) in [6, 6.07) is 0. The fraction of sp³-hybridized carbons (Fsp3) is 0.571. The van der Waals surface area contributed by atoms with Crippen LogP contribution in [-0.2, 0) is 9.53 Å². The average Bonchev–Trinajstić information content (AvgIpc) is 2.16. The number of carbonyl (C=O) groups is 1. The van der Waals surface area contributed by atoms with Gasteiger partial charge in [-0.3, -0.25) is 15.4 Å². The Morgan fingerprint density at radius 1 is 1.92 bits per heavy atom. The van der Waals surface area contributed by atoms with Gasteiger partial charge in [-0.1, -0.05) is 6.08 Å². The summed E-state index contributed by atoms with van der Waals surface area (Å²) in [5.41, 5.74) is 4.64. The molecular weight excluding hydrogens is 176 g/mol. The number of ether oxygens (including phenoxy) is 1. The first kappa shape index (κ1) is 8.10. The molecule has 1 saturated heterocycles. The number of carbonyl (C=O) groups excluding carboxylic acids is 1. The van der Waals surface area contributed by atoms with Gasteiger partial charge in [-0.25, -0.2) is 0 Å². The third kappa shape index (κ3) is 0.784. The molecule has 0 unspecified atom stereocenters. The number of nitrogens with two attached hydrogens (primary N) is 1. The quantitative estimate of drug-likeness (QED) is 0.452. The molecule has 5 heteroatoms. The molecule has 2 aliphatic heterocycles. The zero-order chi connectivity index (χ0) is 8.77. The Hall–Kier alpha value is -0.520. The molecule has 0 radical (unpaired) electrons. The van der Waals surface area contributed by atoms with Crippen molar-refractivity contribution in [3.05, 3.63) is 12.3 Å². The SMILES string of the molecule is CO[C@@]1(N)C(=O)N2C=CCS[C@H]21. The van der Waals surface area contributed by atoms with Crippen LogP contribution in [0.1, 0.15) is 0 Å². The molecule has 2 rings (SSSR count). The predicted molar refractivity (Wildman–Crippen MR) is 46.2 cm³/mol. The number of rotatable bonds is 1. The van der Waals surface area contributed by atoms with Crippen LogP contribution in [0, 0.1) is 0 Å². The van der Waals surface area contributed by atoms with Crippen molar-refractivity contribution in [1.82, 2.24) is 4.90 Å². The van der Waals surface area contributed by atoms with Gasteiger partial charge < -0.3 is 4.74 Å². The molecule has 0 aliphatic carbocycles. The van der Waals surface area contributed by atoms with Crippen LogP contribution in [0.4, 0.5) is 0 Å². The van der Waals surface area contributed by atoms with E-state index in [0.717, 1.165) is 5.75 Å². The number of nitrogens with zero attached hydrogens (tertiary/aromatic N) is 1. The fourth-order valence-electron chi connectivity index (χ4n) is 1.40. The zero-order valence-electron chi connectivity index (χ0n) is 6.69. The minimum atomic E-state index is -1.09. The molecule has 1 amide bonds. The van der Waals surface area contributed by atoms with E-state index < -0.39 is 5.72 Å². The molecule has 2 aliphatic rings. The Labute approximate surface area is 74.7 Å². The van der Waals surface area contributed by atoms with E-state index in [1.807, 2.05) is 6.08 Å².